The third-order valence-electron chi connectivity index (χ3n) is 8.89. The van der Waals surface area contributed by atoms with Gasteiger partial charge in [-0.05, 0) is 50.4 Å². The maximum atomic E-state index is 16.6. The van der Waals surface area contributed by atoms with E-state index in [1.54, 1.807) is 23.2 Å². The Hall–Kier alpha value is -4.33. The van der Waals surface area contributed by atoms with Gasteiger partial charge in [-0.25, -0.2) is 4.39 Å². The molecule has 0 aliphatic carbocycles. The number of likely N-dealkylation sites (tertiary alicyclic amines) is 2. The van der Waals surface area contributed by atoms with Crippen molar-refractivity contribution in [3.8, 4) is 23.3 Å². The quantitative estimate of drug-likeness (QED) is 0.236. The molecule has 0 radical (unpaired) electrons. The van der Waals surface area contributed by atoms with Crippen LogP contribution in [0.15, 0.2) is 55.3 Å². The van der Waals surface area contributed by atoms with Crippen molar-refractivity contribution in [1.82, 2.24) is 24.8 Å². The minimum Gasteiger partial charge on any atom is -0.462 e. The number of carbonyl (C=O) groups excluding carboxylic acids is 1. The van der Waals surface area contributed by atoms with Gasteiger partial charge in [-0.2, -0.15) is 15.2 Å². The summed E-state index contributed by atoms with van der Waals surface area (Å²) < 4.78 is 22.7. The summed E-state index contributed by atoms with van der Waals surface area (Å²) in [6.07, 6.45) is 5.67. The second-order valence-corrected chi connectivity index (χ2v) is 11.9. The molecule has 0 unspecified atom stereocenters. The normalized spacial score (nSPS) is 20.2. The van der Waals surface area contributed by atoms with Crippen LogP contribution in [0, 0.1) is 17.1 Å². The predicted molar refractivity (Wildman–Crippen MR) is 169 cm³/mol. The molecule has 4 heterocycles. The predicted octanol–water partition coefficient (Wildman–Crippen LogP) is 5.62. The molecule has 3 atom stereocenters. The molecule has 226 valence electrons. The van der Waals surface area contributed by atoms with E-state index >= 15 is 4.39 Å². The van der Waals surface area contributed by atoms with Gasteiger partial charge in [0.15, 0.2) is 5.82 Å². The van der Waals surface area contributed by atoms with Gasteiger partial charge in [0.05, 0.1) is 17.9 Å². The Balaban J connectivity index is 1.45. The molecule has 6 rings (SSSR count). The number of anilines is 1. The molecule has 0 bridgehead atoms. The summed E-state index contributed by atoms with van der Waals surface area (Å²) in [7, 11) is 3.91. The van der Waals surface area contributed by atoms with E-state index in [-0.39, 0.29) is 47.7 Å². The largest absolute Gasteiger partial charge is 0.462 e. The van der Waals surface area contributed by atoms with Crippen LogP contribution in [0.2, 0.25) is 5.02 Å². The maximum absolute atomic E-state index is 16.6. The summed E-state index contributed by atoms with van der Waals surface area (Å²) in [6, 6.07) is 13.1. The van der Waals surface area contributed by atoms with Gasteiger partial charge in [0.1, 0.15) is 23.6 Å². The van der Waals surface area contributed by atoms with Gasteiger partial charge in [0, 0.05) is 53.9 Å². The van der Waals surface area contributed by atoms with Crippen LogP contribution in [-0.4, -0.2) is 82.6 Å². The van der Waals surface area contributed by atoms with Crippen LogP contribution in [0.25, 0.3) is 32.9 Å². The lowest BCUT2D eigenvalue weighted by Crippen LogP contribution is -2.38. The zero-order valence-electron chi connectivity index (χ0n) is 24.7. The Morgan fingerprint density at radius 3 is 2.80 bits per heavy atom. The number of likely N-dealkylation sites (N-methyl/N-ethyl adjacent to an activating group) is 2. The number of fused-ring (bicyclic) bond motifs is 2. The number of nitriles is 1. The molecule has 0 spiro atoms. The zero-order valence-corrected chi connectivity index (χ0v) is 25.5. The van der Waals surface area contributed by atoms with E-state index in [1.165, 1.54) is 6.08 Å². The molecule has 4 aromatic rings. The molecular weight excluding hydrogens is 581 g/mol. The highest BCUT2D eigenvalue weighted by Gasteiger charge is 2.37. The molecule has 2 aromatic heterocycles. The molecule has 0 N–H and O–H groups in total. The van der Waals surface area contributed by atoms with Crippen LogP contribution in [-0.2, 0) is 4.79 Å². The van der Waals surface area contributed by atoms with E-state index in [4.69, 9.17) is 21.3 Å². The molecule has 2 aromatic carbocycles. The first kappa shape index (κ1) is 29.7. The van der Waals surface area contributed by atoms with Crippen LogP contribution in [0.1, 0.15) is 25.7 Å². The highest BCUT2D eigenvalue weighted by molar-refractivity contribution is 6.36. The number of ether oxygens (including phenoxy) is 1. The van der Waals surface area contributed by atoms with Crippen LogP contribution < -0.4 is 9.64 Å². The molecule has 11 heteroatoms. The number of pyridine rings is 1. The Kier molecular flexibility index (Phi) is 8.34. The number of amides is 1. The summed E-state index contributed by atoms with van der Waals surface area (Å²) in [4.78, 5) is 32.3. The van der Waals surface area contributed by atoms with E-state index in [1.807, 2.05) is 36.2 Å². The van der Waals surface area contributed by atoms with E-state index < -0.39 is 5.82 Å². The summed E-state index contributed by atoms with van der Waals surface area (Å²) in [5.41, 5.74) is 0.767. The Bertz CT molecular complexity index is 1790. The number of nitrogens with zero attached hydrogens (tertiary/aromatic N) is 7. The fraction of sp³-hybridized carbons (Fsp3) is 0.364. The molecule has 9 nitrogen and oxygen atoms in total. The van der Waals surface area contributed by atoms with Crippen molar-refractivity contribution in [3.63, 3.8) is 0 Å². The van der Waals surface area contributed by atoms with Gasteiger partial charge in [0.2, 0.25) is 5.91 Å². The van der Waals surface area contributed by atoms with Crippen molar-refractivity contribution in [3.05, 3.63) is 66.1 Å². The molecule has 1 amide bonds. The Labute approximate surface area is 260 Å². The average Bonchev–Trinajstić information content (AvgIpc) is 3.65. The maximum Gasteiger partial charge on any atom is 0.319 e. The number of rotatable bonds is 8. The molecule has 2 fully saturated rings. The van der Waals surface area contributed by atoms with E-state index in [9.17, 15) is 10.1 Å². The van der Waals surface area contributed by atoms with E-state index in [2.05, 4.69) is 34.6 Å². The number of benzene rings is 2. The van der Waals surface area contributed by atoms with Crippen molar-refractivity contribution in [2.45, 2.75) is 43.8 Å². The molecule has 0 saturated carbocycles. The molecule has 2 aliphatic rings. The van der Waals surface area contributed by atoms with Crippen molar-refractivity contribution < 1.29 is 13.9 Å². The van der Waals surface area contributed by atoms with E-state index in [0.717, 1.165) is 24.8 Å². The fourth-order valence-electron chi connectivity index (χ4n) is 6.43. The topological polar surface area (TPSA) is 98.5 Å². The molecule has 2 aliphatic heterocycles. The summed E-state index contributed by atoms with van der Waals surface area (Å²) in [5, 5.41) is 11.9. The number of hydrogen-bond acceptors (Lipinski definition) is 8. The highest BCUT2D eigenvalue weighted by atomic mass is 35.5. The molecular formula is C33H33ClFN7O2. The second kappa shape index (κ2) is 12.3. The highest BCUT2D eigenvalue weighted by Crippen LogP contribution is 2.38. The van der Waals surface area contributed by atoms with Crippen LogP contribution in [0.5, 0.6) is 6.01 Å². The van der Waals surface area contributed by atoms with Crippen LogP contribution >= 0.6 is 11.6 Å². The standard InChI is InChI=1S/C33H33ClFN7O2/c1-4-27(43)42-18-23(16-21(42)13-14-36)41(3)32-25-17-37-30(24-11-5-8-20-9-6-12-26(34)28(20)24)29(35)31(25)38-33(39-32)44-19-22-10-7-15-40(22)2/h4-6,8-9,11-12,17,21-23H,1,7,10,13,15-16,18-19H2,2-3H3/t21-,22-,23-/m0/s1. The minimum atomic E-state index is -0.605. The van der Waals surface area contributed by atoms with Gasteiger partial charge < -0.3 is 19.4 Å². The fourth-order valence-corrected chi connectivity index (χ4v) is 6.71. The van der Waals surface area contributed by atoms with Gasteiger partial charge in [-0.3, -0.25) is 9.78 Å². The monoisotopic (exact) mass is 613 g/mol. The van der Waals surface area contributed by atoms with Gasteiger partial charge in [-0.15, -0.1) is 0 Å². The molecule has 44 heavy (non-hydrogen) atoms. The SMILES string of the molecule is C=CC(=O)N1C[C@@H](N(C)c2nc(OC[C@@H]3CCCN3C)nc3c(F)c(-c4cccc5cccc(Cl)c45)ncc23)C[C@@H]1CC#N. The summed E-state index contributed by atoms with van der Waals surface area (Å²) in [5.74, 6) is -0.399. The number of aromatic nitrogens is 3. The minimum absolute atomic E-state index is 0.0669. The Morgan fingerprint density at radius 1 is 1.27 bits per heavy atom. The lowest BCUT2D eigenvalue weighted by Gasteiger charge is -2.27. The summed E-state index contributed by atoms with van der Waals surface area (Å²) >= 11 is 6.58. The Morgan fingerprint density at radius 2 is 2.07 bits per heavy atom. The first-order chi connectivity index (χ1) is 21.3. The van der Waals surface area contributed by atoms with Gasteiger partial charge >= 0.3 is 6.01 Å². The van der Waals surface area contributed by atoms with Crippen molar-refractivity contribution in [1.29, 1.82) is 5.26 Å². The third kappa shape index (κ3) is 5.42. The summed E-state index contributed by atoms with van der Waals surface area (Å²) in [6.45, 7) is 5.35. The number of halogens is 2. The van der Waals surface area contributed by atoms with Gasteiger partial charge in [-0.1, -0.05) is 48.5 Å². The van der Waals surface area contributed by atoms with E-state index in [0.29, 0.717) is 46.7 Å². The second-order valence-electron chi connectivity index (χ2n) is 11.5. The molecule has 2 saturated heterocycles. The first-order valence-electron chi connectivity index (χ1n) is 14.7. The zero-order chi connectivity index (χ0) is 31.0. The lowest BCUT2D eigenvalue weighted by atomic mass is 10.0. The lowest BCUT2D eigenvalue weighted by molar-refractivity contribution is -0.126. The van der Waals surface area contributed by atoms with Crippen molar-refractivity contribution in [2.75, 3.05) is 38.7 Å². The van der Waals surface area contributed by atoms with Crippen molar-refractivity contribution >= 4 is 45.0 Å². The average molecular weight is 614 g/mol. The van der Waals surface area contributed by atoms with Crippen LogP contribution in [0.4, 0.5) is 10.2 Å². The third-order valence-corrected chi connectivity index (χ3v) is 9.20. The van der Waals surface area contributed by atoms with Crippen molar-refractivity contribution in [2.24, 2.45) is 0 Å². The first-order valence-corrected chi connectivity index (χ1v) is 15.1. The smallest absolute Gasteiger partial charge is 0.319 e. The number of carbonyl (C=O) groups is 1. The van der Waals surface area contributed by atoms with Crippen LogP contribution in [0.3, 0.4) is 0 Å². The number of hydrogen-bond donors (Lipinski definition) is 0. The van der Waals surface area contributed by atoms with Gasteiger partial charge in [0.25, 0.3) is 0 Å².